The number of thiazole rings is 1. The second kappa shape index (κ2) is 10.9. The van der Waals surface area contributed by atoms with Crippen LogP contribution in [0.1, 0.15) is 30.2 Å². The van der Waals surface area contributed by atoms with Crippen LogP contribution in [-0.2, 0) is 27.6 Å². The summed E-state index contributed by atoms with van der Waals surface area (Å²) in [6, 6.07) is 14.4. The third-order valence-corrected chi connectivity index (χ3v) is 10.6. The topological polar surface area (TPSA) is 88.6 Å². The van der Waals surface area contributed by atoms with Gasteiger partial charge in [-0.15, -0.1) is 22.7 Å². The molecular formula is C27H29N3O4S3. The fourth-order valence-corrected chi connectivity index (χ4v) is 8.26. The molecule has 0 atom stereocenters. The molecule has 2 aromatic heterocycles. The number of rotatable bonds is 9. The van der Waals surface area contributed by atoms with E-state index in [0.29, 0.717) is 5.75 Å². The number of ether oxygens (including phenoxy) is 1. The first-order valence-corrected chi connectivity index (χ1v) is 15.6. The molecule has 2 aromatic carbocycles. The van der Waals surface area contributed by atoms with Crippen molar-refractivity contribution in [2.24, 2.45) is 0 Å². The summed E-state index contributed by atoms with van der Waals surface area (Å²) >= 11 is 3.26. The summed E-state index contributed by atoms with van der Waals surface area (Å²) in [5.41, 5.74) is 3.25. The van der Waals surface area contributed by atoms with E-state index in [1.807, 2.05) is 18.2 Å². The van der Waals surface area contributed by atoms with E-state index in [0.717, 1.165) is 51.8 Å². The van der Waals surface area contributed by atoms with Crippen LogP contribution < -0.4 is 10.1 Å². The molecule has 0 saturated heterocycles. The lowest BCUT2D eigenvalue weighted by molar-refractivity contribution is -0.116. The van der Waals surface area contributed by atoms with Crippen molar-refractivity contribution in [2.75, 3.05) is 31.3 Å². The van der Waals surface area contributed by atoms with Crippen molar-refractivity contribution in [3.05, 3.63) is 59.0 Å². The number of fused-ring (bicyclic) bond motifs is 2. The van der Waals surface area contributed by atoms with Crippen molar-refractivity contribution in [2.45, 2.75) is 37.6 Å². The molecule has 4 aromatic rings. The van der Waals surface area contributed by atoms with Gasteiger partial charge in [0.2, 0.25) is 5.91 Å². The number of likely N-dealkylation sites (N-methyl/N-ethyl adjacent to an activating group) is 1. The van der Waals surface area contributed by atoms with Gasteiger partial charge in [0, 0.05) is 30.0 Å². The lowest BCUT2D eigenvalue weighted by Crippen LogP contribution is -2.29. The van der Waals surface area contributed by atoms with Gasteiger partial charge in [-0.05, 0) is 61.3 Å². The highest BCUT2D eigenvalue weighted by molar-refractivity contribution is 7.91. The average molecular weight is 556 g/mol. The second-order valence-corrected chi connectivity index (χ2v) is 13.2. The van der Waals surface area contributed by atoms with Gasteiger partial charge in [0.1, 0.15) is 15.8 Å². The van der Waals surface area contributed by atoms with Crippen molar-refractivity contribution in [3.63, 3.8) is 0 Å². The zero-order valence-corrected chi connectivity index (χ0v) is 23.3. The predicted molar refractivity (Wildman–Crippen MR) is 150 cm³/mol. The molecule has 10 heteroatoms. The first kappa shape index (κ1) is 25.8. The number of sulfone groups is 1. The summed E-state index contributed by atoms with van der Waals surface area (Å²) in [5, 5.41) is 4.83. The highest BCUT2D eigenvalue weighted by Crippen LogP contribution is 2.45. The molecule has 194 valence electrons. The second-order valence-electron chi connectivity index (χ2n) is 8.96. The van der Waals surface area contributed by atoms with Crippen LogP contribution in [0.2, 0.25) is 0 Å². The fourth-order valence-electron chi connectivity index (χ4n) is 4.53. The Morgan fingerprint density at radius 3 is 2.65 bits per heavy atom. The van der Waals surface area contributed by atoms with Gasteiger partial charge in [0.15, 0.2) is 9.84 Å². The molecule has 0 saturated carbocycles. The minimum absolute atomic E-state index is 0.0934. The largest absolute Gasteiger partial charge is 0.497 e. The standard InChI is InChI=1S/C27H29N3O4S3/c1-3-30-15-14-20-23(17-30)36-27(25(20)26-28-21-7-4-5-8-22(21)35-26)29-24(31)9-6-16-37(32,33)19-12-10-18(34-2)11-13-19/h4-5,7-8,10-13H,3,6,9,14-17H2,1-2H3,(H,29,31). The van der Waals surface area contributed by atoms with E-state index in [2.05, 4.69) is 23.2 Å². The van der Waals surface area contributed by atoms with Crippen molar-refractivity contribution in [3.8, 4) is 16.3 Å². The van der Waals surface area contributed by atoms with Crippen LogP contribution in [0.4, 0.5) is 5.00 Å². The Kier molecular flexibility index (Phi) is 7.62. The molecule has 0 spiro atoms. The van der Waals surface area contributed by atoms with Gasteiger partial charge >= 0.3 is 0 Å². The number of hydrogen-bond acceptors (Lipinski definition) is 8. The fraction of sp³-hybridized carbons (Fsp3) is 0.333. The van der Waals surface area contributed by atoms with Gasteiger partial charge in [-0.1, -0.05) is 19.1 Å². The Morgan fingerprint density at radius 1 is 1.14 bits per heavy atom. The molecule has 37 heavy (non-hydrogen) atoms. The molecule has 1 amide bonds. The quantitative estimate of drug-likeness (QED) is 0.289. The Morgan fingerprint density at radius 2 is 1.92 bits per heavy atom. The summed E-state index contributed by atoms with van der Waals surface area (Å²) in [5.74, 6) is 0.324. The number of para-hydroxylation sites is 1. The number of carbonyl (C=O) groups excluding carboxylic acids is 1. The van der Waals surface area contributed by atoms with E-state index in [1.54, 1.807) is 34.8 Å². The SMILES string of the molecule is CCN1CCc2c(sc(NC(=O)CCCS(=O)(=O)c3ccc(OC)cc3)c2-c2nc3ccccc3s2)C1. The number of nitrogens with zero attached hydrogens (tertiary/aromatic N) is 2. The number of methoxy groups -OCH3 is 1. The van der Waals surface area contributed by atoms with Gasteiger partial charge in [0.25, 0.3) is 0 Å². The zero-order chi connectivity index (χ0) is 26.0. The van der Waals surface area contributed by atoms with Gasteiger partial charge in [-0.25, -0.2) is 13.4 Å². The first-order valence-electron chi connectivity index (χ1n) is 12.3. The summed E-state index contributed by atoms with van der Waals surface area (Å²) in [7, 11) is -1.94. The minimum Gasteiger partial charge on any atom is -0.497 e. The number of amides is 1. The monoisotopic (exact) mass is 555 g/mol. The number of thiophene rings is 1. The smallest absolute Gasteiger partial charge is 0.225 e. The molecule has 3 heterocycles. The van der Waals surface area contributed by atoms with Crippen LogP contribution in [0.3, 0.4) is 0 Å². The van der Waals surface area contributed by atoms with Crippen molar-refractivity contribution in [1.82, 2.24) is 9.88 Å². The van der Waals surface area contributed by atoms with Crippen molar-refractivity contribution >= 4 is 53.6 Å². The molecule has 0 radical (unpaired) electrons. The Hall–Kier alpha value is -2.79. The summed E-state index contributed by atoms with van der Waals surface area (Å²) in [4.78, 5) is 21.7. The van der Waals surface area contributed by atoms with Gasteiger partial charge in [0.05, 0.1) is 28.0 Å². The third kappa shape index (κ3) is 5.57. The number of carbonyl (C=O) groups is 1. The molecule has 7 nitrogen and oxygen atoms in total. The lowest BCUT2D eigenvalue weighted by Gasteiger charge is -2.25. The van der Waals surface area contributed by atoms with Crippen LogP contribution in [0.25, 0.3) is 20.8 Å². The van der Waals surface area contributed by atoms with Crippen molar-refractivity contribution < 1.29 is 17.9 Å². The molecular weight excluding hydrogens is 527 g/mol. The van der Waals surface area contributed by atoms with Crippen LogP contribution in [-0.4, -0.2) is 50.2 Å². The van der Waals surface area contributed by atoms with E-state index in [9.17, 15) is 13.2 Å². The maximum atomic E-state index is 13.0. The molecule has 1 aliphatic rings. The molecule has 0 aliphatic carbocycles. The van der Waals surface area contributed by atoms with Crippen LogP contribution in [0.5, 0.6) is 5.75 Å². The van der Waals surface area contributed by atoms with E-state index >= 15 is 0 Å². The van der Waals surface area contributed by atoms with Crippen molar-refractivity contribution in [1.29, 1.82) is 0 Å². The minimum atomic E-state index is -3.48. The van der Waals surface area contributed by atoms with Crippen LogP contribution in [0, 0.1) is 0 Å². The lowest BCUT2D eigenvalue weighted by atomic mass is 10.0. The normalized spacial score (nSPS) is 14.0. The molecule has 1 aliphatic heterocycles. The highest BCUT2D eigenvalue weighted by Gasteiger charge is 2.27. The van der Waals surface area contributed by atoms with Crippen LogP contribution in [0.15, 0.2) is 53.4 Å². The zero-order valence-electron chi connectivity index (χ0n) is 20.8. The average Bonchev–Trinajstić information content (AvgIpc) is 3.48. The summed E-state index contributed by atoms with van der Waals surface area (Å²) < 4.78 is 31.6. The molecule has 0 unspecified atom stereocenters. The number of nitrogens with one attached hydrogen (secondary N) is 1. The van der Waals surface area contributed by atoms with Crippen LogP contribution >= 0.6 is 22.7 Å². The number of benzene rings is 2. The molecule has 1 N–H and O–H groups in total. The highest BCUT2D eigenvalue weighted by atomic mass is 32.2. The molecule has 0 fully saturated rings. The first-order chi connectivity index (χ1) is 17.9. The molecule has 5 rings (SSSR count). The predicted octanol–water partition coefficient (Wildman–Crippen LogP) is 5.60. The van der Waals surface area contributed by atoms with Gasteiger partial charge < -0.3 is 10.1 Å². The summed E-state index contributed by atoms with van der Waals surface area (Å²) in [6.45, 7) is 4.99. The Labute approximate surface area is 225 Å². The van der Waals surface area contributed by atoms with Gasteiger partial charge in [-0.3, -0.25) is 9.69 Å². The Balaban J connectivity index is 1.33. The summed E-state index contributed by atoms with van der Waals surface area (Å²) in [6.07, 6.45) is 1.28. The number of aromatic nitrogens is 1. The number of anilines is 1. The van der Waals surface area contributed by atoms with Gasteiger partial charge in [-0.2, -0.15) is 0 Å². The van der Waals surface area contributed by atoms with E-state index in [4.69, 9.17) is 9.72 Å². The maximum absolute atomic E-state index is 13.0. The Bertz CT molecular complexity index is 1490. The number of hydrogen-bond donors (Lipinski definition) is 1. The maximum Gasteiger partial charge on any atom is 0.225 e. The van der Waals surface area contributed by atoms with E-state index in [-0.39, 0.29) is 29.4 Å². The van der Waals surface area contributed by atoms with E-state index in [1.165, 1.54) is 29.7 Å². The van der Waals surface area contributed by atoms with E-state index < -0.39 is 9.84 Å². The molecule has 0 bridgehead atoms. The third-order valence-electron chi connectivity index (χ3n) is 6.58.